The third kappa shape index (κ3) is 3.64. The molecular weight excluding hydrogens is 238 g/mol. The van der Waals surface area contributed by atoms with Crippen molar-refractivity contribution in [1.82, 2.24) is 15.0 Å². The highest BCUT2D eigenvalue weighted by Crippen LogP contribution is 2.14. The summed E-state index contributed by atoms with van der Waals surface area (Å²) in [6, 6.07) is 6.04. The van der Waals surface area contributed by atoms with Gasteiger partial charge in [0.2, 0.25) is 0 Å². The highest BCUT2D eigenvalue weighted by molar-refractivity contribution is 5.48. The Hall–Kier alpha value is -2.17. The maximum absolute atomic E-state index is 4.46. The monoisotopic (exact) mass is 257 g/mol. The lowest BCUT2D eigenvalue weighted by molar-refractivity contribution is 0.848. The maximum atomic E-state index is 4.46. The van der Waals surface area contributed by atoms with Gasteiger partial charge in [0.15, 0.2) is 0 Å². The molecule has 5 heteroatoms. The number of aryl methyl sites for hydroxylation is 1. The van der Waals surface area contributed by atoms with Crippen LogP contribution in [0.15, 0.2) is 30.6 Å². The van der Waals surface area contributed by atoms with Crippen molar-refractivity contribution in [3.8, 4) is 0 Å². The molecule has 1 N–H and O–H groups in total. The van der Waals surface area contributed by atoms with Gasteiger partial charge in [-0.05, 0) is 31.0 Å². The Morgan fingerprint density at radius 2 is 1.95 bits per heavy atom. The number of pyridine rings is 1. The van der Waals surface area contributed by atoms with Crippen molar-refractivity contribution in [2.45, 2.75) is 13.3 Å². The quantitative estimate of drug-likeness (QED) is 0.886. The van der Waals surface area contributed by atoms with Crippen molar-refractivity contribution in [2.24, 2.45) is 0 Å². The van der Waals surface area contributed by atoms with E-state index in [1.807, 2.05) is 51.6 Å². The zero-order valence-corrected chi connectivity index (χ0v) is 11.6. The lowest BCUT2D eigenvalue weighted by atomic mass is 10.2. The highest BCUT2D eigenvalue weighted by Gasteiger charge is 2.06. The van der Waals surface area contributed by atoms with Gasteiger partial charge in [-0.3, -0.25) is 4.98 Å². The van der Waals surface area contributed by atoms with Crippen molar-refractivity contribution in [3.63, 3.8) is 0 Å². The Morgan fingerprint density at radius 3 is 2.63 bits per heavy atom. The van der Waals surface area contributed by atoms with Crippen LogP contribution in [0.4, 0.5) is 11.6 Å². The van der Waals surface area contributed by atoms with Crippen molar-refractivity contribution in [1.29, 1.82) is 0 Å². The molecule has 2 rings (SSSR count). The number of rotatable bonds is 5. The predicted molar refractivity (Wildman–Crippen MR) is 77.5 cm³/mol. The van der Waals surface area contributed by atoms with Gasteiger partial charge in [-0.2, -0.15) is 0 Å². The third-order valence-corrected chi connectivity index (χ3v) is 2.96. The Kier molecular flexibility index (Phi) is 4.28. The third-order valence-electron chi connectivity index (χ3n) is 2.96. The fourth-order valence-electron chi connectivity index (χ4n) is 1.84. The zero-order valence-electron chi connectivity index (χ0n) is 11.6. The SMILES string of the molecule is CNc1cc(N(C)CCc2ccncc2)nc(C)n1. The summed E-state index contributed by atoms with van der Waals surface area (Å²) in [4.78, 5) is 14.9. The minimum Gasteiger partial charge on any atom is -0.373 e. The summed E-state index contributed by atoms with van der Waals surface area (Å²) in [6.45, 7) is 2.81. The standard InChI is InChI=1S/C14H19N5/c1-11-17-13(15-2)10-14(18-11)19(3)9-6-12-4-7-16-8-5-12/h4-5,7-8,10H,6,9H2,1-3H3,(H,15,17,18). The van der Waals surface area contributed by atoms with Crippen LogP contribution < -0.4 is 10.2 Å². The molecule has 0 aliphatic rings. The van der Waals surface area contributed by atoms with Gasteiger partial charge in [0, 0.05) is 39.1 Å². The summed E-state index contributed by atoms with van der Waals surface area (Å²) in [5.74, 6) is 2.56. The molecule has 0 radical (unpaired) electrons. The number of hydrogen-bond donors (Lipinski definition) is 1. The van der Waals surface area contributed by atoms with Gasteiger partial charge in [0.1, 0.15) is 17.5 Å². The second-order valence-electron chi connectivity index (χ2n) is 4.44. The second kappa shape index (κ2) is 6.13. The molecule has 0 spiro atoms. The van der Waals surface area contributed by atoms with Crippen LogP contribution in [0.1, 0.15) is 11.4 Å². The van der Waals surface area contributed by atoms with E-state index in [0.717, 1.165) is 30.4 Å². The molecule has 0 bridgehead atoms. The topological polar surface area (TPSA) is 53.9 Å². The summed E-state index contributed by atoms with van der Waals surface area (Å²) in [6.07, 6.45) is 4.61. The molecule has 2 aromatic rings. The molecule has 100 valence electrons. The molecule has 0 saturated carbocycles. The van der Waals surface area contributed by atoms with Crippen molar-refractivity contribution in [2.75, 3.05) is 30.9 Å². The lowest BCUT2D eigenvalue weighted by Gasteiger charge is -2.19. The first-order valence-electron chi connectivity index (χ1n) is 6.32. The van der Waals surface area contributed by atoms with Gasteiger partial charge in [0.05, 0.1) is 0 Å². The molecule has 19 heavy (non-hydrogen) atoms. The first-order chi connectivity index (χ1) is 9.19. The van der Waals surface area contributed by atoms with E-state index in [0.29, 0.717) is 0 Å². The summed E-state index contributed by atoms with van der Waals surface area (Å²) in [5, 5.41) is 3.05. The Labute approximate surface area is 113 Å². The Bertz CT molecular complexity index is 527. The van der Waals surface area contributed by atoms with E-state index in [9.17, 15) is 0 Å². The van der Waals surface area contributed by atoms with Gasteiger partial charge in [0.25, 0.3) is 0 Å². The minimum absolute atomic E-state index is 0.776. The van der Waals surface area contributed by atoms with Gasteiger partial charge in [-0.25, -0.2) is 9.97 Å². The van der Waals surface area contributed by atoms with Crippen molar-refractivity contribution >= 4 is 11.6 Å². The molecule has 2 heterocycles. The second-order valence-corrected chi connectivity index (χ2v) is 4.44. The van der Waals surface area contributed by atoms with E-state index in [1.165, 1.54) is 5.56 Å². The van der Waals surface area contributed by atoms with Gasteiger partial charge in [-0.1, -0.05) is 0 Å². The molecule has 2 aromatic heterocycles. The molecule has 0 aliphatic carbocycles. The van der Waals surface area contributed by atoms with Crippen LogP contribution in [0, 0.1) is 6.92 Å². The predicted octanol–water partition coefficient (Wildman–Crippen LogP) is 1.90. The van der Waals surface area contributed by atoms with E-state index < -0.39 is 0 Å². The fourth-order valence-corrected chi connectivity index (χ4v) is 1.84. The number of nitrogens with zero attached hydrogens (tertiary/aromatic N) is 4. The first-order valence-corrected chi connectivity index (χ1v) is 6.32. The normalized spacial score (nSPS) is 10.3. The van der Waals surface area contributed by atoms with Crippen LogP contribution in [-0.4, -0.2) is 35.6 Å². The summed E-state index contributed by atoms with van der Waals surface area (Å²) in [5.41, 5.74) is 1.28. The average molecular weight is 257 g/mol. The van der Waals surface area contributed by atoms with Crippen LogP contribution in [0.5, 0.6) is 0 Å². The molecule has 0 unspecified atom stereocenters. The molecule has 5 nitrogen and oxygen atoms in total. The summed E-state index contributed by atoms with van der Waals surface area (Å²) >= 11 is 0. The molecule has 0 fully saturated rings. The number of aromatic nitrogens is 3. The van der Waals surface area contributed by atoms with E-state index in [1.54, 1.807) is 0 Å². The van der Waals surface area contributed by atoms with E-state index >= 15 is 0 Å². The molecule has 0 saturated heterocycles. The molecule has 0 aromatic carbocycles. The van der Waals surface area contributed by atoms with Gasteiger partial charge in [-0.15, -0.1) is 0 Å². The van der Waals surface area contributed by atoms with E-state index in [-0.39, 0.29) is 0 Å². The first kappa shape index (κ1) is 13.3. The number of likely N-dealkylation sites (N-methyl/N-ethyl adjacent to an activating group) is 1. The Balaban J connectivity index is 2.03. The molecule has 0 aliphatic heterocycles. The van der Waals surface area contributed by atoms with Crippen LogP contribution in [0.2, 0.25) is 0 Å². The van der Waals surface area contributed by atoms with Crippen LogP contribution >= 0.6 is 0 Å². The maximum Gasteiger partial charge on any atom is 0.134 e. The largest absolute Gasteiger partial charge is 0.373 e. The van der Waals surface area contributed by atoms with E-state index in [2.05, 4.69) is 25.2 Å². The number of anilines is 2. The fraction of sp³-hybridized carbons (Fsp3) is 0.357. The van der Waals surface area contributed by atoms with Crippen molar-refractivity contribution in [3.05, 3.63) is 42.0 Å². The van der Waals surface area contributed by atoms with E-state index in [4.69, 9.17) is 0 Å². The molecule has 0 atom stereocenters. The minimum atomic E-state index is 0.776. The average Bonchev–Trinajstić information content (AvgIpc) is 2.45. The number of hydrogen-bond acceptors (Lipinski definition) is 5. The van der Waals surface area contributed by atoms with Crippen LogP contribution in [-0.2, 0) is 6.42 Å². The van der Waals surface area contributed by atoms with Crippen molar-refractivity contribution < 1.29 is 0 Å². The molecule has 0 amide bonds. The smallest absolute Gasteiger partial charge is 0.134 e. The van der Waals surface area contributed by atoms with Crippen LogP contribution in [0.25, 0.3) is 0 Å². The van der Waals surface area contributed by atoms with Crippen LogP contribution in [0.3, 0.4) is 0 Å². The van der Waals surface area contributed by atoms with Gasteiger partial charge >= 0.3 is 0 Å². The van der Waals surface area contributed by atoms with Gasteiger partial charge < -0.3 is 10.2 Å². The summed E-state index contributed by atoms with van der Waals surface area (Å²) in [7, 11) is 3.91. The molecular formula is C14H19N5. The zero-order chi connectivity index (χ0) is 13.7. The highest BCUT2D eigenvalue weighted by atomic mass is 15.2. The summed E-state index contributed by atoms with van der Waals surface area (Å²) < 4.78 is 0. The number of nitrogens with one attached hydrogen (secondary N) is 1. The lowest BCUT2D eigenvalue weighted by Crippen LogP contribution is -2.22. The Morgan fingerprint density at radius 1 is 1.21 bits per heavy atom.